The predicted octanol–water partition coefficient (Wildman–Crippen LogP) is 3.22. The highest BCUT2D eigenvalue weighted by molar-refractivity contribution is 5.90. The molecule has 0 aliphatic carbocycles. The molecule has 0 aromatic heterocycles. The number of nitro groups is 1. The smallest absolute Gasteiger partial charge is 0.319 e. The molecule has 0 heterocycles. The number of carbonyl (C=O) groups excluding carboxylic acids is 1. The Hall–Kier alpha value is -2.89. The van der Waals surface area contributed by atoms with E-state index in [0.29, 0.717) is 12.2 Å². The van der Waals surface area contributed by atoms with E-state index in [0.717, 1.165) is 11.1 Å². The van der Waals surface area contributed by atoms with Gasteiger partial charge in [0.15, 0.2) is 0 Å². The number of hydrogen-bond acceptors (Lipinski definition) is 3. The lowest BCUT2D eigenvalue weighted by Gasteiger charge is -2.09. The molecule has 0 aliphatic heterocycles. The van der Waals surface area contributed by atoms with E-state index >= 15 is 0 Å². The molecule has 0 saturated carbocycles. The Bertz CT molecular complexity index is 656. The zero-order valence-electron chi connectivity index (χ0n) is 11.5. The topological polar surface area (TPSA) is 84.3 Å². The Balaban J connectivity index is 1.99. The van der Waals surface area contributed by atoms with Gasteiger partial charge in [-0.1, -0.05) is 36.4 Å². The molecule has 21 heavy (non-hydrogen) atoms. The van der Waals surface area contributed by atoms with Gasteiger partial charge in [0.05, 0.1) is 10.6 Å². The molecule has 0 saturated heterocycles. The number of hydrogen-bond donors (Lipinski definition) is 2. The number of non-ortho nitro benzene ring substituents is 1. The van der Waals surface area contributed by atoms with Crippen LogP contribution in [-0.4, -0.2) is 11.0 Å². The molecule has 0 fully saturated rings. The average Bonchev–Trinajstić information content (AvgIpc) is 2.48. The van der Waals surface area contributed by atoms with Crippen LogP contribution < -0.4 is 10.6 Å². The summed E-state index contributed by atoms with van der Waals surface area (Å²) in [6.07, 6.45) is 0. The van der Waals surface area contributed by atoms with Gasteiger partial charge in [-0.2, -0.15) is 0 Å². The molecule has 2 aromatic rings. The van der Waals surface area contributed by atoms with Crippen molar-refractivity contribution in [3.63, 3.8) is 0 Å². The Morgan fingerprint density at radius 2 is 1.90 bits per heavy atom. The number of aryl methyl sites for hydroxylation is 1. The lowest BCUT2D eigenvalue weighted by atomic mass is 10.2. The third-order valence-corrected chi connectivity index (χ3v) is 2.98. The van der Waals surface area contributed by atoms with Crippen LogP contribution in [0.4, 0.5) is 16.2 Å². The molecule has 0 aliphatic rings. The van der Waals surface area contributed by atoms with Crippen molar-refractivity contribution in [2.24, 2.45) is 0 Å². The molecular weight excluding hydrogens is 270 g/mol. The van der Waals surface area contributed by atoms with E-state index in [4.69, 9.17) is 0 Å². The van der Waals surface area contributed by atoms with Crippen molar-refractivity contribution < 1.29 is 9.72 Å². The highest BCUT2D eigenvalue weighted by atomic mass is 16.6. The van der Waals surface area contributed by atoms with Gasteiger partial charge < -0.3 is 10.6 Å². The van der Waals surface area contributed by atoms with Crippen molar-refractivity contribution >= 4 is 17.4 Å². The number of nitrogens with one attached hydrogen (secondary N) is 2. The van der Waals surface area contributed by atoms with E-state index in [1.165, 1.54) is 12.1 Å². The first-order valence-electron chi connectivity index (χ1n) is 6.40. The second-order valence-electron chi connectivity index (χ2n) is 4.55. The minimum Gasteiger partial charge on any atom is -0.334 e. The number of benzene rings is 2. The fourth-order valence-corrected chi connectivity index (χ4v) is 1.80. The first-order valence-corrected chi connectivity index (χ1v) is 6.40. The Labute approximate surface area is 121 Å². The van der Waals surface area contributed by atoms with Crippen molar-refractivity contribution in [3.8, 4) is 0 Å². The molecule has 0 bridgehead atoms. The summed E-state index contributed by atoms with van der Waals surface area (Å²) < 4.78 is 0. The number of anilines is 1. The van der Waals surface area contributed by atoms with E-state index in [-0.39, 0.29) is 5.69 Å². The van der Waals surface area contributed by atoms with Gasteiger partial charge in [0.2, 0.25) is 0 Å². The minimum absolute atomic E-state index is 0.0565. The van der Waals surface area contributed by atoms with Gasteiger partial charge in [-0.15, -0.1) is 0 Å². The van der Waals surface area contributed by atoms with Gasteiger partial charge in [0, 0.05) is 18.7 Å². The minimum atomic E-state index is -0.494. The van der Waals surface area contributed by atoms with Crippen LogP contribution in [0.15, 0.2) is 48.5 Å². The summed E-state index contributed by atoms with van der Waals surface area (Å²) in [6.45, 7) is 2.16. The second kappa shape index (κ2) is 6.51. The molecule has 0 unspecified atom stereocenters. The number of amides is 2. The van der Waals surface area contributed by atoms with Crippen LogP contribution in [0, 0.1) is 17.0 Å². The molecule has 2 aromatic carbocycles. The molecule has 2 amide bonds. The van der Waals surface area contributed by atoms with E-state index in [2.05, 4.69) is 10.6 Å². The molecule has 0 spiro atoms. The van der Waals surface area contributed by atoms with E-state index in [9.17, 15) is 14.9 Å². The zero-order chi connectivity index (χ0) is 15.2. The lowest BCUT2D eigenvalue weighted by molar-refractivity contribution is -0.384. The molecule has 108 valence electrons. The Morgan fingerprint density at radius 3 is 2.57 bits per heavy atom. The first-order chi connectivity index (χ1) is 10.1. The lowest BCUT2D eigenvalue weighted by Crippen LogP contribution is -2.28. The van der Waals surface area contributed by atoms with Crippen LogP contribution in [0.5, 0.6) is 0 Å². The first kappa shape index (κ1) is 14.5. The van der Waals surface area contributed by atoms with Gasteiger partial charge in [-0.25, -0.2) is 4.79 Å². The predicted molar refractivity (Wildman–Crippen MR) is 80.1 cm³/mol. The van der Waals surface area contributed by atoms with Gasteiger partial charge in [0.1, 0.15) is 0 Å². The molecule has 0 radical (unpaired) electrons. The summed E-state index contributed by atoms with van der Waals surface area (Å²) in [5.74, 6) is 0. The van der Waals surface area contributed by atoms with Crippen molar-refractivity contribution in [2.45, 2.75) is 13.5 Å². The van der Waals surface area contributed by atoms with E-state index in [1.807, 2.05) is 30.3 Å². The van der Waals surface area contributed by atoms with Crippen molar-refractivity contribution in [2.75, 3.05) is 5.32 Å². The molecule has 0 atom stereocenters. The largest absolute Gasteiger partial charge is 0.334 e. The Morgan fingerprint density at radius 1 is 1.19 bits per heavy atom. The summed E-state index contributed by atoms with van der Waals surface area (Å²) in [7, 11) is 0. The maximum absolute atomic E-state index is 11.8. The van der Waals surface area contributed by atoms with Gasteiger partial charge in [0.25, 0.3) is 5.69 Å². The molecule has 2 rings (SSSR count). The molecule has 6 nitrogen and oxygen atoms in total. The maximum Gasteiger partial charge on any atom is 0.319 e. The number of urea groups is 1. The van der Waals surface area contributed by atoms with Crippen LogP contribution in [-0.2, 0) is 6.54 Å². The third kappa shape index (κ3) is 4.04. The highest BCUT2D eigenvalue weighted by Crippen LogP contribution is 2.21. The number of rotatable bonds is 4. The van der Waals surface area contributed by atoms with Crippen LogP contribution in [0.3, 0.4) is 0 Å². The van der Waals surface area contributed by atoms with Crippen LogP contribution in [0.1, 0.15) is 11.1 Å². The molecule has 2 N–H and O–H groups in total. The zero-order valence-corrected chi connectivity index (χ0v) is 11.5. The highest BCUT2D eigenvalue weighted by Gasteiger charge is 2.10. The fraction of sp³-hybridized carbons (Fsp3) is 0.133. The number of carbonyl (C=O) groups is 1. The van der Waals surface area contributed by atoms with Crippen LogP contribution >= 0.6 is 0 Å². The second-order valence-corrected chi connectivity index (χ2v) is 4.55. The standard InChI is InChI=1S/C15H15N3O3/c1-11-7-8-13(18(20)21)9-14(11)17-15(19)16-10-12-5-3-2-4-6-12/h2-9H,10H2,1H3,(H2,16,17,19). The van der Waals surface area contributed by atoms with Gasteiger partial charge >= 0.3 is 6.03 Å². The van der Waals surface area contributed by atoms with E-state index in [1.54, 1.807) is 13.0 Å². The normalized spacial score (nSPS) is 9.95. The summed E-state index contributed by atoms with van der Waals surface area (Å²) in [5, 5.41) is 16.1. The molecule has 6 heteroatoms. The van der Waals surface area contributed by atoms with Crippen molar-refractivity contribution in [1.29, 1.82) is 0 Å². The summed E-state index contributed by atoms with van der Waals surface area (Å²) in [5.41, 5.74) is 2.10. The fourth-order valence-electron chi connectivity index (χ4n) is 1.80. The average molecular weight is 285 g/mol. The van der Waals surface area contributed by atoms with Gasteiger partial charge in [-0.3, -0.25) is 10.1 Å². The van der Waals surface area contributed by atoms with E-state index < -0.39 is 11.0 Å². The van der Waals surface area contributed by atoms with Crippen molar-refractivity contribution in [3.05, 3.63) is 69.8 Å². The van der Waals surface area contributed by atoms with Gasteiger partial charge in [-0.05, 0) is 18.1 Å². The van der Waals surface area contributed by atoms with Crippen LogP contribution in [0.2, 0.25) is 0 Å². The van der Waals surface area contributed by atoms with Crippen LogP contribution in [0.25, 0.3) is 0 Å². The quantitative estimate of drug-likeness (QED) is 0.668. The Kier molecular flexibility index (Phi) is 4.50. The van der Waals surface area contributed by atoms with Crippen molar-refractivity contribution in [1.82, 2.24) is 5.32 Å². The monoisotopic (exact) mass is 285 g/mol. The summed E-state index contributed by atoms with van der Waals surface area (Å²) in [4.78, 5) is 22.1. The summed E-state index contributed by atoms with van der Waals surface area (Å²) in [6, 6.07) is 13.4. The molecular formula is C15H15N3O3. The number of nitro benzene ring substituents is 1. The third-order valence-electron chi connectivity index (χ3n) is 2.98. The summed E-state index contributed by atoms with van der Waals surface area (Å²) >= 11 is 0. The number of nitrogens with zero attached hydrogens (tertiary/aromatic N) is 1. The SMILES string of the molecule is Cc1ccc([N+](=O)[O-])cc1NC(=O)NCc1ccccc1. The maximum atomic E-state index is 11.8.